The highest BCUT2D eigenvalue weighted by molar-refractivity contribution is 9.09. The van der Waals surface area contributed by atoms with Crippen LogP contribution in [0.2, 0.25) is 0 Å². The van der Waals surface area contributed by atoms with Crippen molar-refractivity contribution in [2.24, 2.45) is 0 Å². The first-order chi connectivity index (χ1) is 12.7. The van der Waals surface area contributed by atoms with Crippen molar-refractivity contribution in [3.63, 3.8) is 0 Å². The van der Waals surface area contributed by atoms with Crippen molar-refractivity contribution in [3.05, 3.63) is 64.1 Å². The number of halogens is 1. The summed E-state index contributed by atoms with van der Waals surface area (Å²) in [5.41, 5.74) is 0.811. The number of carbonyl (C=O) groups is 1. The standard InChI is InChI=1S/C18H20BrN3O4/c19-7-10-25-11-9-21-13-20-18(24)16-17(15(23)6-8-22(16)21)26-12-14-4-2-1-3-5-14/h1-6,8H,7,9-13H2,(H,20,24). The number of hydrogen-bond donors (Lipinski definition) is 1. The first kappa shape index (κ1) is 18.5. The Morgan fingerprint density at radius 3 is 2.69 bits per heavy atom. The lowest BCUT2D eigenvalue weighted by molar-refractivity contribution is 0.0907. The third kappa shape index (κ3) is 4.25. The summed E-state index contributed by atoms with van der Waals surface area (Å²) in [6.07, 6.45) is 1.59. The number of ether oxygens (including phenoxy) is 2. The molecule has 0 atom stereocenters. The van der Waals surface area contributed by atoms with Crippen LogP contribution in [0.15, 0.2) is 47.4 Å². The van der Waals surface area contributed by atoms with Gasteiger partial charge in [-0.2, -0.15) is 0 Å². The van der Waals surface area contributed by atoms with E-state index in [2.05, 4.69) is 21.2 Å². The Balaban J connectivity index is 1.82. The molecule has 0 radical (unpaired) electrons. The van der Waals surface area contributed by atoms with Gasteiger partial charge in [-0.25, -0.2) is 0 Å². The summed E-state index contributed by atoms with van der Waals surface area (Å²) in [4.78, 5) is 24.7. The van der Waals surface area contributed by atoms with Crippen molar-refractivity contribution in [1.82, 2.24) is 9.99 Å². The van der Waals surface area contributed by atoms with E-state index in [1.165, 1.54) is 6.07 Å². The minimum Gasteiger partial charge on any atom is -0.482 e. The molecule has 0 spiro atoms. The molecule has 0 saturated carbocycles. The molecule has 2 heterocycles. The number of alkyl halides is 1. The van der Waals surface area contributed by atoms with Crippen molar-refractivity contribution < 1.29 is 14.3 Å². The van der Waals surface area contributed by atoms with E-state index in [4.69, 9.17) is 9.47 Å². The summed E-state index contributed by atoms with van der Waals surface area (Å²) in [6.45, 7) is 2.25. The zero-order valence-corrected chi connectivity index (χ0v) is 15.8. The van der Waals surface area contributed by atoms with Gasteiger partial charge in [0.2, 0.25) is 5.43 Å². The summed E-state index contributed by atoms with van der Waals surface area (Å²) in [5.74, 6) is -0.275. The molecular weight excluding hydrogens is 402 g/mol. The van der Waals surface area contributed by atoms with Crippen LogP contribution in [-0.4, -0.2) is 42.3 Å². The monoisotopic (exact) mass is 421 g/mol. The third-order valence-electron chi connectivity index (χ3n) is 3.92. The zero-order chi connectivity index (χ0) is 18.4. The number of carbonyl (C=O) groups excluding carboxylic acids is 1. The molecule has 1 aliphatic heterocycles. The number of nitrogens with zero attached hydrogens (tertiary/aromatic N) is 2. The number of fused-ring (bicyclic) bond motifs is 1. The van der Waals surface area contributed by atoms with Crippen LogP contribution in [-0.2, 0) is 11.3 Å². The van der Waals surface area contributed by atoms with Gasteiger partial charge in [-0.15, -0.1) is 0 Å². The molecule has 7 nitrogen and oxygen atoms in total. The predicted molar refractivity (Wildman–Crippen MR) is 102 cm³/mol. The average molecular weight is 422 g/mol. The summed E-state index contributed by atoms with van der Waals surface area (Å²) in [6, 6.07) is 10.9. The van der Waals surface area contributed by atoms with E-state index >= 15 is 0 Å². The molecule has 8 heteroatoms. The highest BCUT2D eigenvalue weighted by Gasteiger charge is 2.27. The van der Waals surface area contributed by atoms with Crippen LogP contribution < -0.4 is 20.5 Å². The lowest BCUT2D eigenvalue weighted by Crippen LogP contribution is -2.53. The van der Waals surface area contributed by atoms with Gasteiger partial charge in [0.15, 0.2) is 11.4 Å². The SMILES string of the molecule is O=C1NCN(CCOCCBr)n2ccc(=O)c(OCc3ccccc3)c21. The van der Waals surface area contributed by atoms with E-state index in [1.54, 1.807) is 10.9 Å². The molecule has 0 unspecified atom stereocenters. The van der Waals surface area contributed by atoms with E-state index in [0.717, 1.165) is 10.9 Å². The van der Waals surface area contributed by atoms with E-state index in [0.29, 0.717) is 26.4 Å². The molecule has 0 bridgehead atoms. The van der Waals surface area contributed by atoms with Gasteiger partial charge < -0.3 is 14.8 Å². The molecule has 1 aromatic heterocycles. The zero-order valence-electron chi connectivity index (χ0n) is 14.2. The number of amides is 1. The molecule has 1 aliphatic rings. The van der Waals surface area contributed by atoms with Gasteiger partial charge in [-0.05, 0) is 5.56 Å². The molecule has 138 valence electrons. The van der Waals surface area contributed by atoms with Crippen molar-refractivity contribution in [3.8, 4) is 5.75 Å². The van der Waals surface area contributed by atoms with Gasteiger partial charge in [0.1, 0.15) is 13.3 Å². The van der Waals surface area contributed by atoms with Crippen LogP contribution in [0.4, 0.5) is 0 Å². The highest BCUT2D eigenvalue weighted by atomic mass is 79.9. The van der Waals surface area contributed by atoms with Crippen molar-refractivity contribution in [2.75, 3.05) is 36.8 Å². The van der Waals surface area contributed by atoms with Gasteiger partial charge in [0.25, 0.3) is 5.91 Å². The van der Waals surface area contributed by atoms with Crippen LogP contribution in [0.25, 0.3) is 0 Å². The Labute approximate surface area is 159 Å². The van der Waals surface area contributed by atoms with Crippen molar-refractivity contribution in [1.29, 1.82) is 0 Å². The molecule has 1 N–H and O–H groups in total. The van der Waals surface area contributed by atoms with E-state index in [-0.39, 0.29) is 29.4 Å². The van der Waals surface area contributed by atoms with Crippen LogP contribution in [0.3, 0.4) is 0 Å². The summed E-state index contributed by atoms with van der Waals surface area (Å²) < 4.78 is 12.9. The number of nitrogens with one attached hydrogen (secondary N) is 1. The Kier molecular flexibility index (Phi) is 6.30. The van der Waals surface area contributed by atoms with Crippen LogP contribution in [0.1, 0.15) is 16.1 Å². The van der Waals surface area contributed by atoms with Crippen molar-refractivity contribution >= 4 is 21.8 Å². The van der Waals surface area contributed by atoms with E-state index < -0.39 is 0 Å². The molecule has 0 saturated heterocycles. The highest BCUT2D eigenvalue weighted by Crippen LogP contribution is 2.18. The first-order valence-electron chi connectivity index (χ1n) is 8.30. The summed E-state index contributed by atoms with van der Waals surface area (Å²) in [5, 5.41) is 5.43. The van der Waals surface area contributed by atoms with Crippen LogP contribution in [0.5, 0.6) is 5.75 Å². The Hall–Kier alpha value is -2.32. The minimum absolute atomic E-state index is 0.0555. The maximum atomic E-state index is 12.4. The second-order valence-corrected chi connectivity index (χ2v) is 6.46. The van der Waals surface area contributed by atoms with Gasteiger partial charge in [0.05, 0.1) is 19.8 Å². The molecule has 26 heavy (non-hydrogen) atoms. The average Bonchev–Trinajstić information content (AvgIpc) is 2.67. The molecule has 1 amide bonds. The van der Waals surface area contributed by atoms with Gasteiger partial charge in [-0.3, -0.25) is 19.3 Å². The normalized spacial score (nSPS) is 13.3. The van der Waals surface area contributed by atoms with E-state index in [9.17, 15) is 9.59 Å². The Morgan fingerprint density at radius 2 is 1.92 bits per heavy atom. The number of pyridine rings is 1. The quantitative estimate of drug-likeness (QED) is 0.516. The third-order valence-corrected chi connectivity index (χ3v) is 4.24. The molecule has 3 rings (SSSR count). The second-order valence-electron chi connectivity index (χ2n) is 5.67. The van der Waals surface area contributed by atoms with Crippen molar-refractivity contribution in [2.45, 2.75) is 6.61 Å². The van der Waals surface area contributed by atoms with E-state index in [1.807, 2.05) is 35.3 Å². The number of hydrogen-bond acceptors (Lipinski definition) is 5. The fraction of sp³-hybridized carbons (Fsp3) is 0.333. The number of benzene rings is 1. The fourth-order valence-corrected chi connectivity index (χ4v) is 2.89. The fourth-order valence-electron chi connectivity index (χ4n) is 2.66. The maximum Gasteiger partial charge on any atom is 0.275 e. The molecule has 0 aliphatic carbocycles. The topological polar surface area (TPSA) is 72.8 Å². The summed E-state index contributed by atoms with van der Waals surface area (Å²) >= 11 is 3.31. The number of rotatable bonds is 8. The summed E-state index contributed by atoms with van der Waals surface area (Å²) in [7, 11) is 0. The second kappa shape index (κ2) is 8.86. The minimum atomic E-state index is -0.330. The Morgan fingerprint density at radius 1 is 1.12 bits per heavy atom. The lowest BCUT2D eigenvalue weighted by Gasteiger charge is -2.33. The van der Waals surface area contributed by atoms with Gasteiger partial charge in [-0.1, -0.05) is 46.3 Å². The molecular formula is C18H20BrN3O4. The molecule has 2 aromatic rings. The van der Waals surface area contributed by atoms with Crippen LogP contribution in [0, 0.1) is 0 Å². The number of aromatic nitrogens is 1. The lowest BCUT2D eigenvalue weighted by atomic mass is 10.2. The first-order valence-corrected chi connectivity index (χ1v) is 9.42. The smallest absolute Gasteiger partial charge is 0.275 e. The molecule has 1 aromatic carbocycles. The van der Waals surface area contributed by atoms with Gasteiger partial charge in [0, 0.05) is 17.6 Å². The van der Waals surface area contributed by atoms with Gasteiger partial charge >= 0.3 is 0 Å². The van der Waals surface area contributed by atoms with Crippen LogP contribution >= 0.6 is 15.9 Å². The Bertz CT molecular complexity index is 810. The maximum absolute atomic E-state index is 12.4. The molecule has 0 fully saturated rings. The predicted octanol–water partition coefficient (Wildman–Crippen LogP) is 1.48. The largest absolute Gasteiger partial charge is 0.482 e.